The highest BCUT2D eigenvalue weighted by atomic mass is 31.2. The molecule has 1 heterocycles. The number of esters is 4. The van der Waals surface area contributed by atoms with Crippen LogP contribution in [0.1, 0.15) is 99.5 Å². The number of aliphatic hydroxyl groups is 2. The number of nitrogens with two attached hydrogens (primary N) is 1. The van der Waals surface area contributed by atoms with Crippen molar-refractivity contribution in [1.29, 1.82) is 0 Å². The first-order valence-corrected chi connectivity index (χ1v) is 24.9. The third kappa shape index (κ3) is 10.1. The Morgan fingerprint density at radius 1 is 0.873 bits per heavy atom. The molecule has 3 aromatic rings. The molecule has 0 spiro atoms. The molecule has 0 radical (unpaired) electrons. The number of unbranched alkanes of at least 4 members (excludes halogenated alkanes) is 1. The minimum atomic E-state index is -5.20. The lowest BCUT2D eigenvalue weighted by Gasteiger charge is -2.67. The Labute approximate surface area is 410 Å². The average molecular weight is 1010 g/mol. The van der Waals surface area contributed by atoms with Gasteiger partial charge in [-0.1, -0.05) is 80.6 Å². The summed E-state index contributed by atoms with van der Waals surface area (Å²) >= 11 is 0. The second-order valence-corrected chi connectivity index (χ2v) is 20.6. The average Bonchev–Trinajstić information content (AvgIpc) is 3.33. The molecule has 71 heavy (non-hydrogen) atoms. The van der Waals surface area contributed by atoms with E-state index in [1.807, 2.05) is 0 Å². The molecule has 1 saturated heterocycles. The van der Waals surface area contributed by atoms with Gasteiger partial charge < -0.3 is 49.8 Å². The Kier molecular flexibility index (Phi) is 15.6. The summed E-state index contributed by atoms with van der Waals surface area (Å²) in [7, 11) is -5.20. The third-order valence-corrected chi connectivity index (χ3v) is 15.6. The molecule has 382 valence electrons. The van der Waals surface area contributed by atoms with Crippen molar-refractivity contribution in [2.24, 2.45) is 22.5 Å². The van der Waals surface area contributed by atoms with Gasteiger partial charge in [0.15, 0.2) is 23.6 Å². The molecular weight excluding hydrogens is 944 g/mol. The second kappa shape index (κ2) is 20.8. The first kappa shape index (κ1) is 53.2. The standard InChI is InChI=1S/C51H61N2O17P/c1-29-35(67-47(60)41(70-71(62,63)65-25-17-16-24-52)39(32-18-10-7-11-19-32)53-45(58)33-20-12-8-13-21-33)27-51(61)44(68-46(59)34-22-14-9-15-23-34)42-49(6,36(56)26-37-50(42,28-64-37)69-31(3)55)43(57)40(66-30(2)54)38(29)48(51,4)5/h7-15,18-23,35-37,39-42,44,56,61H,16-17,24-28,52H2,1-6H3,(H,53,58)(H,62,63)/t35-,36-,37+,39-,40+,41+,42-,44-,49+,50-,51+/m0/s1. The number of nitrogens with one attached hydrogen (secondary N) is 1. The van der Waals surface area contributed by atoms with Crippen molar-refractivity contribution in [2.75, 3.05) is 19.8 Å². The minimum Gasteiger partial charge on any atom is -0.456 e. The van der Waals surface area contributed by atoms with Crippen LogP contribution >= 0.6 is 7.82 Å². The number of phosphoric acid groups is 1. The van der Waals surface area contributed by atoms with Gasteiger partial charge in [0.25, 0.3) is 5.91 Å². The molecule has 1 unspecified atom stereocenters. The van der Waals surface area contributed by atoms with Crippen molar-refractivity contribution in [2.45, 2.75) is 121 Å². The number of Topliss-reactive ketones (excluding diaryl/α,β-unsaturated/α-hetero) is 1. The molecule has 12 atom stereocenters. The number of amides is 1. The van der Waals surface area contributed by atoms with Gasteiger partial charge in [0.05, 0.1) is 42.3 Å². The van der Waals surface area contributed by atoms with Crippen LogP contribution in [0.2, 0.25) is 0 Å². The second-order valence-electron chi connectivity index (χ2n) is 19.2. The number of aliphatic hydroxyl groups excluding tert-OH is 1. The fourth-order valence-electron chi connectivity index (χ4n) is 10.9. The predicted octanol–water partition coefficient (Wildman–Crippen LogP) is 4.62. The van der Waals surface area contributed by atoms with Gasteiger partial charge in [-0.25, -0.2) is 14.2 Å². The monoisotopic (exact) mass is 1000 g/mol. The number of hydrogen-bond donors (Lipinski definition) is 5. The summed E-state index contributed by atoms with van der Waals surface area (Å²) in [5.41, 5.74) is -2.24. The highest BCUT2D eigenvalue weighted by Gasteiger charge is 2.78. The van der Waals surface area contributed by atoms with Gasteiger partial charge >= 0.3 is 31.7 Å². The maximum absolute atomic E-state index is 15.7. The number of carbonyl (C=O) groups excluding carboxylic acids is 6. The SMILES string of the molecule is CC(=O)O[C@H]1C(=O)[C@@]2(C)[C@H]([C@H](OC(=O)c3ccccc3)[C@]3(O)C[C@H](OC(=O)[C@H](OP(=O)(O)OCCCCN)[C@@H](NC(=O)c4ccccc4)c4ccccc4)C(C)=C1C3(C)C)[C@]1(OC(C)=O)CO[C@@H]1C[C@@H]2O. The van der Waals surface area contributed by atoms with E-state index in [1.165, 1.54) is 64.1 Å². The molecule has 7 rings (SSSR count). The highest BCUT2D eigenvalue weighted by Crippen LogP contribution is 2.64. The maximum atomic E-state index is 15.7. The number of fused-ring (bicyclic) bond motifs is 5. The van der Waals surface area contributed by atoms with E-state index in [9.17, 15) is 38.8 Å². The van der Waals surface area contributed by atoms with Gasteiger partial charge in [0, 0.05) is 37.7 Å². The topological polar surface area (TPSA) is 283 Å². The van der Waals surface area contributed by atoms with Crippen LogP contribution in [0, 0.1) is 16.7 Å². The Balaban J connectivity index is 1.42. The van der Waals surface area contributed by atoms with Gasteiger partial charge in [-0.3, -0.25) is 28.2 Å². The first-order chi connectivity index (χ1) is 33.5. The van der Waals surface area contributed by atoms with Crippen molar-refractivity contribution < 1.29 is 81.2 Å². The summed E-state index contributed by atoms with van der Waals surface area (Å²) in [5.74, 6) is -7.39. The smallest absolute Gasteiger partial charge is 0.456 e. The number of hydrogen-bond acceptors (Lipinski definition) is 17. The van der Waals surface area contributed by atoms with Crippen LogP contribution in [0.4, 0.5) is 0 Å². The summed E-state index contributed by atoms with van der Waals surface area (Å²) < 4.78 is 55.5. The summed E-state index contributed by atoms with van der Waals surface area (Å²) in [5, 5.41) is 28.8. The number of phosphoric ester groups is 1. The number of ketones is 1. The zero-order valence-electron chi connectivity index (χ0n) is 40.3. The van der Waals surface area contributed by atoms with Crippen LogP contribution in [0.3, 0.4) is 0 Å². The van der Waals surface area contributed by atoms with Crippen molar-refractivity contribution in [3.8, 4) is 0 Å². The van der Waals surface area contributed by atoms with E-state index in [2.05, 4.69) is 5.32 Å². The lowest BCUT2D eigenvalue weighted by atomic mass is 9.44. The zero-order valence-corrected chi connectivity index (χ0v) is 41.2. The van der Waals surface area contributed by atoms with Gasteiger partial charge in [-0.15, -0.1) is 0 Å². The molecule has 20 heteroatoms. The highest BCUT2D eigenvalue weighted by molar-refractivity contribution is 7.47. The molecule has 2 bridgehead atoms. The molecule has 1 aliphatic heterocycles. The molecule has 2 saturated carbocycles. The summed E-state index contributed by atoms with van der Waals surface area (Å²) in [6.07, 6.45) is -10.6. The summed E-state index contributed by atoms with van der Waals surface area (Å²) in [6, 6.07) is 22.0. The van der Waals surface area contributed by atoms with Crippen molar-refractivity contribution in [3.63, 3.8) is 0 Å². The van der Waals surface area contributed by atoms with Crippen LogP contribution in [-0.2, 0) is 56.5 Å². The van der Waals surface area contributed by atoms with Crippen LogP contribution < -0.4 is 11.1 Å². The fourth-order valence-corrected chi connectivity index (χ4v) is 11.8. The number of carbonyl (C=O) groups is 6. The Morgan fingerprint density at radius 2 is 1.48 bits per heavy atom. The Morgan fingerprint density at radius 3 is 2.04 bits per heavy atom. The molecule has 19 nitrogen and oxygen atoms in total. The van der Waals surface area contributed by atoms with Gasteiger partial charge in [-0.2, -0.15) is 0 Å². The van der Waals surface area contributed by atoms with Crippen molar-refractivity contribution in [1.82, 2.24) is 5.32 Å². The fraction of sp³-hybridized carbons (Fsp3) is 0.490. The van der Waals surface area contributed by atoms with Gasteiger partial charge in [0.2, 0.25) is 0 Å². The molecule has 6 N–H and O–H groups in total. The molecule has 3 aromatic carbocycles. The van der Waals surface area contributed by atoms with E-state index in [4.69, 9.17) is 38.5 Å². The molecular formula is C51H61N2O17P. The quantitative estimate of drug-likeness (QED) is 0.0406. The number of rotatable bonds is 17. The largest absolute Gasteiger partial charge is 0.473 e. The van der Waals surface area contributed by atoms with E-state index in [0.717, 1.165) is 13.8 Å². The van der Waals surface area contributed by atoms with Crippen molar-refractivity contribution in [3.05, 3.63) is 119 Å². The number of benzene rings is 3. The summed E-state index contributed by atoms with van der Waals surface area (Å²) in [4.78, 5) is 96.8. The molecule has 3 fully saturated rings. The van der Waals surface area contributed by atoms with Gasteiger partial charge in [-0.05, 0) is 74.2 Å². The van der Waals surface area contributed by atoms with E-state index < -0.39 is 120 Å². The van der Waals surface area contributed by atoms with Crippen LogP contribution in [0.25, 0.3) is 0 Å². The van der Waals surface area contributed by atoms with E-state index in [-0.39, 0.29) is 60.4 Å². The van der Waals surface area contributed by atoms with Gasteiger partial charge in [0.1, 0.15) is 23.9 Å². The van der Waals surface area contributed by atoms with Crippen LogP contribution in [0.5, 0.6) is 0 Å². The zero-order chi connectivity index (χ0) is 51.7. The predicted molar refractivity (Wildman–Crippen MR) is 251 cm³/mol. The van der Waals surface area contributed by atoms with Crippen LogP contribution in [0.15, 0.2) is 102 Å². The normalized spacial score (nSPS) is 30.3. The van der Waals surface area contributed by atoms with E-state index in [0.29, 0.717) is 6.42 Å². The van der Waals surface area contributed by atoms with E-state index >= 15 is 9.59 Å². The first-order valence-electron chi connectivity index (χ1n) is 23.4. The Bertz CT molecular complexity index is 2580. The molecule has 4 aliphatic rings. The number of ether oxygens (including phenoxy) is 5. The van der Waals surface area contributed by atoms with Crippen molar-refractivity contribution >= 4 is 43.4 Å². The molecule has 0 aromatic heterocycles. The molecule has 3 aliphatic carbocycles. The minimum absolute atomic E-state index is 0.0231. The maximum Gasteiger partial charge on any atom is 0.473 e. The van der Waals surface area contributed by atoms with Crippen LogP contribution in [-0.4, -0.2) is 118 Å². The lowest BCUT2D eigenvalue weighted by molar-refractivity contribution is -0.346. The Hall–Kier alpha value is -5.63. The summed E-state index contributed by atoms with van der Waals surface area (Å²) in [6.45, 7) is 7.65. The third-order valence-electron chi connectivity index (χ3n) is 14.6. The van der Waals surface area contributed by atoms with E-state index in [1.54, 1.807) is 54.6 Å². The molecule has 1 amide bonds. The lowest BCUT2D eigenvalue weighted by Crippen LogP contribution is -2.82.